The molecular formula is C15H20O7. The number of ether oxygens (including phenoxy) is 4. The normalized spacial score (nSPS) is 10.4. The van der Waals surface area contributed by atoms with E-state index in [0.717, 1.165) is 5.56 Å². The molecular weight excluding hydrogens is 292 g/mol. The van der Waals surface area contributed by atoms with Crippen molar-refractivity contribution in [3.8, 4) is 0 Å². The van der Waals surface area contributed by atoms with Gasteiger partial charge in [0, 0.05) is 0 Å². The maximum absolute atomic E-state index is 11.4. The van der Waals surface area contributed by atoms with Gasteiger partial charge in [-0.2, -0.15) is 0 Å². The van der Waals surface area contributed by atoms with Gasteiger partial charge in [-0.15, -0.1) is 0 Å². The van der Waals surface area contributed by atoms with Crippen LogP contribution in [0.1, 0.15) is 5.56 Å². The van der Waals surface area contributed by atoms with Crippen molar-refractivity contribution in [3.63, 3.8) is 0 Å². The fourth-order valence-electron chi connectivity index (χ4n) is 1.43. The molecule has 0 aliphatic heterocycles. The van der Waals surface area contributed by atoms with Crippen LogP contribution in [0, 0.1) is 0 Å². The van der Waals surface area contributed by atoms with E-state index >= 15 is 0 Å². The summed E-state index contributed by atoms with van der Waals surface area (Å²) in [5, 5.41) is 8.33. The first-order valence-corrected chi connectivity index (χ1v) is 6.83. The maximum Gasteiger partial charge on any atom is 0.332 e. The van der Waals surface area contributed by atoms with Crippen LogP contribution in [0.5, 0.6) is 0 Å². The van der Waals surface area contributed by atoms with Gasteiger partial charge < -0.3 is 24.1 Å². The molecule has 0 aliphatic carbocycles. The molecule has 1 rings (SSSR count). The maximum atomic E-state index is 11.4. The fourth-order valence-corrected chi connectivity index (χ4v) is 1.43. The van der Waals surface area contributed by atoms with E-state index in [1.54, 1.807) is 0 Å². The highest BCUT2D eigenvalue weighted by Gasteiger charge is 2.03. The minimum atomic E-state index is -1.02. The van der Waals surface area contributed by atoms with Crippen LogP contribution in [0.25, 0.3) is 0 Å². The molecule has 0 fully saturated rings. The Labute approximate surface area is 128 Å². The third-order valence-corrected chi connectivity index (χ3v) is 2.43. The predicted molar refractivity (Wildman–Crippen MR) is 76.3 cm³/mol. The average Bonchev–Trinajstić information content (AvgIpc) is 2.52. The van der Waals surface area contributed by atoms with Gasteiger partial charge in [-0.3, -0.25) is 0 Å². The van der Waals surface area contributed by atoms with Crippen molar-refractivity contribution in [3.05, 3.63) is 35.9 Å². The van der Waals surface area contributed by atoms with Crippen molar-refractivity contribution in [2.24, 2.45) is 0 Å². The smallest absolute Gasteiger partial charge is 0.332 e. The number of hydrogen-bond donors (Lipinski definition) is 1. The molecule has 0 bridgehead atoms. The summed E-state index contributed by atoms with van der Waals surface area (Å²) in [7, 11) is 0. The van der Waals surface area contributed by atoms with Crippen LogP contribution in [0.3, 0.4) is 0 Å². The molecule has 1 N–H and O–H groups in total. The molecule has 0 radical (unpaired) electrons. The zero-order valence-electron chi connectivity index (χ0n) is 12.2. The number of carbonyl (C=O) groups excluding carboxylic acids is 1. The number of aliphatic carboxylic acids is 1. The molecule has 0 atom stereocenters. The van der Waals surface area contributed by atoms with Crippen LogP contribution < -0.4 is 0 Å². The first-order valence-electron chi connectivity index (χ1n) is 6.83. The van der Waals surface area contributed by atoms with Crippen LogP contribution in [-0.4, -0.2) is 56.7 Å². The Balaban J connectivity index is 1.89. The molecule has 0 heterocycles. The van der Waals surface area contributed by atoms with Gasteiger partial charge in [0.25, 0.3) is 0 Å². The topological polar surface area (TPSA) is 91.3 Å². The van der Waals surface area contributed by atoms with Gasteiger partial charge in [0.2, 0.25) is 0 Å². The Morgan fingerprint density at radius 1 is 0.864 bits per heavy atom. The summed E-state index contributed by atoms with van der Waals surface area (Å²) in [6, 6.07) is 9.37. The van der Waals surface area contributed by atoms with Crippen LogP contribution in [-0.2, 0) is 35.1 Å². The van der Waals surface area contributed by atoms with Gasteiger partial charge in [0.15, 0.2) is 0 Å². The van der Waals surface area contributed by atoms with Gasteiger partial charge in [-0.1, -0.05) is 30.3 Å². The summed E-state index contributed by atoms with van der Waals surface area (Å²) in [5.41, 5.74) is 0.917. The predicted octanol–water partition coefficient (Wildman–Crippen LogP) is 0.864. The summed E-state index contributed by atoms with van der Waals surface area (Å²) in [5.74, 6) is -1.45. The van der Waals surface area contributed by atoms with E-state index in [2.05, 4.69) is 0 Å². The first kappa shape index (κ1) is 18.1. The van der Waals surface area contributed by atoms with E-state index in [-0.39, 0.29) is 39.6 Å². The Hall–Kier alpha value is -1.96. The zero-order valence-corrected chi connectivity index (χ0v) is 12.2. The van der Waals surface area contributed by atoms with Crippen molar-refractivity contribution >= 4 is 11.9 Å². The molecule has 0 saturated heterocycles. The molecule has 0 saturated carbocycles. The Kier molecular flexibility index (Phi) is 9.60. The number of carboxylic acids is 1. The molecule has 7 nitrogen and oxygen atoms in total. The van der Waals surface area contributed by atoms with E-state index in [0.29, 0.717) is 6.61 Å². The van der Waals surface area contributed by atoms with Crippen LogP contribution >= 0.6 is 0 Å². The lowest BCUT2D eigenvalue weighted by Crippen LogP contribution is -2.16. The summed E-state index contributed by atoms with van der Waals surface area (Å²) in [6.45, 7) is 0.765. The number of rotatable bonds is 12. The van der Waals surface area contributed by atoms with Crippen LogP contribution in [0.4, 0.5) is 0 Å². The second-order valence-electron chi connectivity index (χ2n) is 4.26. The molecule has 22 heavy (non-hydrogen) atoms. The van der Waals surface area contributed by atoms with Crippen molar-refractivity contribution in [1.29, 1.82) is 0 Å². The number of hydrogen-bond acceptors (Lipinski definition) is 6. The van der Waals surface area contributed by atoms with E-state index in [1.165, 1.54) is 0 Å². The minimum Gasteiger partial charge on any atom is -0.480 e. The SMILES string of the molecule is O=C(O)COCCOCCOCC(=O)OCc1ccccc1. The fraction of sp³-hybridized carbons (Fsp3) is 0.467. The molecule has 0 unspecified atom stereocenters. The number of benzene rings is 1. The quantitative estimate of drug-likeness (QED) is 0.452. The molecule has 7 heteroatoms. The average molecular weight is 312 g/mol. The van der Waals surface area contributed by atoms with E-state index < -0.39 is 11.9 Å². The van der Waals surface area contributed by atoms with Crippen molar-refractivity contribution < 1.29 is 33.6 Å². The molecule has 1 aromatic rings. The van der Waals surface area contributed by atoms with Gasteiger partial charge in [-0.05, 0) is 5.56 Å². The lowest BCUT2D eigenvalue weighted by molar-refractivity contribution is -0.150. The molecule has 0 amide bonds. The highest BCUT2D eigenvalue weighted by molar-refractivity contribution is 5.70. The summed E-state index contributed by atoms with van der Waals surface area (Å²) in [4.78, 5) is 21.5. The molecule has 0 spiro atoms. The number of carboxylic acid groups (broad SMARTS) is 1. The van der Waals surface area contributed by atoms with Gasteiger partial charge >= 0.3 is 11.9 Å². The molecule has 0 aromatic heterocycles. The zero-order chi connectivity index (χ0) is 16.0. The van der Waals surface area contributed by atoms with Crippen molar-refractivity contribution in [1.82, 2.24) is 0 Å². The Morgan fingerprint density at radius 3 is 2.09 bits per heavy atom. The summed E-state index contributed by atoms with van der Waals surface area (Å²) < 4.78 is 20.0. The van der Waals surface area contributed by atoms with E-state index in [4.69, 9.17) is 24.1 Å². The van der Waals surface area contributed by atoms with Crippen LogP contribution in [0.2, 0.25) is 0 Å². The van der Waals surface area contributed by atoms with Gasteiger partial charge in [-0.25, -0.2) is 9.59 Å². The number of esters is 1. The third kappa shape index (κ3) is 9.87. The second kappa shape index (κ2) is 11.7. The Morgan fingerprint density at radius 2 is 1.45 bits per heavy atom. The van der Waals surface area contributed by atoms with E-state index in [9.17, 15) is 9.59 Å². The van der Waals surface area contributed by atoms with E-state index in [1.807, 2.05) is 30.3 Å². The third-order valence-electron chi connectivity index (χ3n) is 2.43. The second-order valence-corrected chi connectivity index (χ2v) is 4.26. The highest BCUT2D eigenvalue weighted by atomic mass is 16.6. The highest BCUT2D eigenvalue weighted by Crippen LogP contribution is 2.00. The standard InChI is InChI=1S/C15H20O7/c16-14(17)11-20-8-6-19-7-9-21-12-15(18)22-10-13-4-2-1-3-5-13/h1-5H,6-12H2,(H,16,17). The monoisotopic (exact) mass is 312 g/mol. The largest absolute Gasteiger partial charge is 0.480 e. The molecule has 0 aliphatic rings. The van der Waals surface area contributed by atoms with Gasteiger partial charge in [0.1, 0.15) is 19.8 Å². The lowest BCUT2D eigenvalue weighted by Gasteiger charge is -2.07. The lowest BCUT2D eigenvalue weighted by atomic mass is 10.2. The molecule has 1 aromatic carbocycles. The molecule has 122 valence electrons. The first-order chi connectivity index (χ1) is 10.7. The summed E-state index contributed by atoms with van der Waals surface area (Å²) >= 11 is 0. The van der Waals surface area contributed by atoms with Crippen molar-refractivity contribution in [2.75, 3.05) is 39.6 Å². The minimum absolute atomic E-state index is 0.133. The number of carbonyl (C=O) groups is 2. The summed E-state index contributed by atoms with van der Waals surface area (Å²) in [6.07, 6.45) is 0. The van der Waals surface area contributed by atoms with Crippen molar-refractivity contribution in [2.45, 2.75) is 6.61 Å². The Bertz CT molecular complexity index is 433. The van der Waals surface area contributed by atoms with Gasteiger partial charge in [0.05, 0.1) is 26.4 Å². The van der Waals surface area contributed by atoms with Crippen LogP contribution in [0.15, 0.2) is 30.3 Å².